The number of rotatable bonds is 4. The van der Waals surface area contributed by atoms with Crippen molar-refractivity contribution in [1.82, 2.24) is 15.1 Å². The Morgan fingerprint density at radius 2 is 2.11 bits per heavy atom. The fourth-order valence-electron chi connectivity index (χ4n) is 2.96. The number of imide groups is 1. The van der Waals surface area contributed by atoms with Crippen LogP contribution in [0.5, 0.6) is 0 Å². The molecule has 1 N–H and O–H groups in total. The molecule has 2 heterocycles. The van der Waals surface area contributed by atoms with Gasteiger partial charge < -0.3 is 5.32 Å². The standard InChI is InChI=1S/C14H25N3O2/c1-10(2)7-12-13(18)17(14(19)15-12)9-16-6-4-5-11(3)8-16/h10-12H,4-9H2,1-3H3,(H,15,19)/t11-,12-/m0/s1. The van der Waals surface area contributed by atoms with Crippen molar-refractivity contribution in [3.8, 4) is 0 Å². The molecule has 2 rings (SSSR count). The first-order valence-electron chi connectivity index (χ1n) is 7.31. The van der Waals surface area contributed by atoms with Crippen LogP contribution in [0.3, 0.4) is 0 Å². The summed E-state index contributed by atoms with van der Waals surface area (Å²) in [6, 6.07) is -0.552. The van der Waals surface area contributed by atoms with Crippen LogP contribution in [0.2, 0.25) is 0 Å². The molecule has 2 saturated heterocycles. The van der Waals surface area contributed by atoms with Gasteiger partial charge in [0.15, 0.2) is 0 Å². The second kappa shape index (κ2) is 5.90. The fourth-order valence-corrected chi connectivity index (χ4v) is 2.96. The molecule has 0 aromatic heterocycles. The van der Waals surface area contributed by atoms with Gasteiger partial charge in [0.1, 0.15) is 6.04 Å². The van der Waals surface area contributed by atoms with E-state index in [1.165, 1.54) is 11.3 Å². The first-order valence-corrected chi connectivity index (χ1v) is 7.31. The summed E-state index contributed by atoms with van der Waals surface area (Å²) in [5.74, 6) is 1.00. The number of urea groups is 1. The van der Waals surface area contributed by atoms with E-state index in [9.17, 15) is 9.59 Å². The summed E-state index contributed by atoms with van der Waals surface area (Å²) in [5.41, 5.74) is 0. The number of carbonyl (C=O) groups is 2. The van der Waals surface area contributed by atoms with Crippen molar-refractivity contribution < 1.29 is 9.59 Å². The minimum absolute atomic E-state index is 0.0584. The Bertz CT molecular complexity index is 357. The summed E-state index contributed by atoms with van der Waals surface area (Å²) < 4.78 is 0. The molecule has 0 unspecified atom stereocenters. The van der Waals surface area contributed by atoms with Crippen LogP contribution in [0.25, 0.3) is 0 Å². The highest BCUT2D eigenvalue weighted by molar-refractivity contribution is 6.04. The third kappa shape index (κ3) is 3.47. The quantitative estimate of drug-likeness (QED) is 0.788. The molecule has 0 spiro atoms. The van der Waals surface area contributed by atoms with Crippen LogP contribution >= 0.6 is 0 Å². The second-order valence-electron chi connectivity index (χ2n) is 6.36. The van der Waals surface area contributed by atoms with Gasteiger partial charge in [-0.1, -0.05) is 20.8 Å². The average molecular weight is 267 g/mol. The van der Waals surface area contributed by atoms with E-state index in [2.05, 4.69) is 31.0 Å². The van der Waals surface area contributed by atoms with Gasteiger partial charge in [0, 0.05) is 6.54 Å². The van der Waals surface area contributed by atoms with Crippen LogP contribution in [0, 0.1) is 11.8 Å². The van der Waals surface area contributed by atoms with Gasteiger partial charge in [0.25, 0.3) is 5.91 Å². The Morgan fingerprint density at radius 3 is 2.74 bits per heavy atom. The monoisotopic (exact) mass is 267 g/mol. The van der Waals surface area contributed by atoms with Crippen molar-refractivity contribution in [3.63, 3.8) is 0 Å². The van der Waals surface area contributed by atoms with Crippen molar-refractivity contribution in [2.24, 2.45) is 11.8 Å². The molecule has 0 aliphatic carbocycles. The summed E-state index contributed by atoms with van der Waals surface area (Å²) in [4.78, 5) is 27.7. The van der Waals surface area contributed by atoms with Crippen LogP contribution in [-0.4, -0.2) is 47.5 Å². The summed E-state index contributed by atoms with van der Waals surface area (Å²) in [7, 11) is 0. The summed E-state index contributed by atoms with van der Waals surface area (Å²) in [6.45, 7) is 8.76. The Balaban J connectivity index is 1.92. The van der Waals surface area contributed by atoms with E-state index in [0.29, 0.717) is 18.5 Å². The van der Waals surface area contributed by atoms with Crippen molar-refractivity contribution in [3.05, 3.63) is 0 Å². The minimum Gasteiger partial charge on any atom is -0.326 e. The van der Waals surface area contributed by atoms with Crippen molar-refractivity contribution in [1.29, 1.82) is 0 Å². The number of carbonyl (C=O) groups excluding carboxylic acids is 2. The number of nitrogens with one attached hydrogen (secondary N) is 1. The van der Waals surface area contributed by atoms with Gasteiger partial charge in [0.2, 0.25) is 0 Å². The first kappa shape index (κ1) is 14.3. The number of piperidine rings is 1. The predicted octanol–water partition coefficient (Wildman–Crippen LogP) is 1.64. The van der Waals surface area contributed by atoms with E-state index >= 15 is 0 Å². The maximum Gasteiger partial charge on any atom is 0.325 e. The molecule has 2 aliphatic rings. The van der Waals surface area contributed by atoms with E-state index in [0.717, 1.165) is 25.9 Å². The number of likely N-dealkylation sites (tertiary alicyclic amines) is 1. The van der Waals surface area contributed by atoms with E-state index in [1.54, 1.807) is 0 Å². The number of hydrogen-bond acceptors (Lipinski definition) is 3. The lowest BCUT2D eigenvalue weighted by Crippen LogP contribution is -2.45. The van der Waals surface area contributed by atoms with Crippen LogP contribution < -0.4 is 5.32 Å². The molecule has 0 bridgehead atoms. The number of nitrogens with zero attached hydrogens (tertiary/aromatic N) is 2. The maximum absolute atomic E-state index is 12.2. The molecule has 0 saturated carbocycles. The summed E-state index contributed by atoms with van der Waals surface area (Å²) in [5, 5.41) is 2.80. The van der Waals surface area contributed by atoms with E-state index in [4.69, 9.17) is 0 Å². The molecule has 2 fully saturated rings. The van der Waals surface area contributed by atoms with Gasteiger partial charge in [-0.2, -0.15) is 0 Å². The molecular formula is C14H25N3O2. The molecule has 0 aromatic carbocycles. The molecule has 19 heavy (non-hydrogen) atoms. The topological polar surface area (TPSA) is 52.7 Å². The number of hydrogen-bond donors (Lipinski definition) is 1. The molecule has 2 aliphatic heterocycles. The molecule has 0 aromatic rings. The molecule has 5 heteroatoms. The van der Waals surface area contributed by atoms with Crippen LogP contribution in [0.1, 0.15) is 40.0 Å². The Morgan fingerprint density at radius 1 is 1.37 bits per heavy atom. The van der Waals surface area contributed by atoms with Gasteiger partial charge in [-0.05, 0) is 37.6 Å². The lowest BCUT2D eigenvalue weighted by molar-refractivity contribution is -0.129. The Labute approximate surface area is 115 Å². The molecule has 108 valence electrons. The predicted molar refractivity (Wildman–Crippen MR) is 73.5 cm³/mol. The summed E-state index contributed by atoms with van der Waals surface area (Å²) >= 11 is 0. The Hall–Kier alpha value is -1.10. The highest BCUT2D eigenvalue weighted by atomic mass is 16.2. The lowest BCUT2D eigenvalue weighted by atomic mass is 10.0. The van der Waals surface area contributed by atoms with Crippen molar-refractivity contribution in [2.45, 2.75) is 46.1 Å². The third-order valence-electron chi connectivity index (χ3n) is 3.90. The zero-order chi connectivity index (χ0) is 14.0. The molecule has 0 radical (unpaired) electrons. The van der Waals surface area contributed by atoms with Gasteiger partial charge in [-0.3, -0.25) is 9.69 Å². The molecule has 5 nitrogen and oxygen atoms in total. The smallest absolute Gasteiger partial charge is 0.325 e. The van der Waals surface area contributed by atoms with Gasteiger partial charge in [0.05, 0.1) is 6.67 Å². The van der Waals surface area contributed by atoms with Gasteiger partial charge in [-0.15, -0.1) is 0 Å². The zero-order valence-corrected chi connectivity index (χ0v) is 12.2. The van der Waals surface area contributed by atoms with Crippen LogP contribution in [0.15, 0.2) is 0 Å². The van der Waals surface area contributed by atoms with E-state index < -0.39 is 0 Å². The first-order chi connectivity index (χ1) is 8.97. The second-order valence-corrected chi connectivity index (χ2v) is 6.36. The fraction of sp³-hybridized carbons (Fsp3) is 0.857. The highest BCUT2D eigenvalue weighted by Crippen LogP contribution is 2.18. The van der Waals surface area contributed by atoms with Crippen LogP contribution in [0.4, 0.5) is 4.79 Å². The molecular weight excluding hydrogens is 242 g/mol. The van der Waals surface area contributed by atoms with Gasteiger partial charge in [-0.25, -0.2) is 9.69 Å². The number of amides is 3. The largest absolute Gasteiger partial charge is 0.326 e. The SMILES string of the molecule is CC(C)C[C@@H]1NC(=O)N(CN2CCC[C@H](C)C2)C1=O. The normalized spacial score (nSPS) is 29.2. The Kier molecular flexibility index (Phi) is 4.45. The molecule has 3 amide bonds. The van der Waals surface area contributed by atoms with Crippen molar-refractivity contribution >= 4 is 11.9 Å². The minimum atomic E-state index is -0.324. The zero-order valence-electron chi connectivity index (χ0n) is 12.2. The highest BCUT2D eigenvalue weighted by Gasteiger charge is 2.39. The summed E-state index contributed by atoms with van der Waals surface area (Å²) in [6.07, 6.45) is 3.12. The average Bonchev–Trinajstić information content (AvgIpc) is 2.56. The molecule has 2 atom stereocenters. The third-order valence-corrected chi connectivity index (χ3v) is 3.90. The van der Waals surface area contributed by atoms with E-state index in [1.807, 2.05) is 0 Å². The van der Waals surface area contributed by atoms with Crippen LogP contribution in [-0.2, 0) is 4.79 Å². The van der Waals surface area contributed by atoms with Crippen molar-refractivity contribution in [2.75, 3.05) is 19.8 Å². The van der Waals surface area contributed by atoms with Gasteiger partial charge >= 0.3 is 6.03 Å². The maximum atomic E-state index is 12.2. The lowest BCUT2D eigenvalue weighted by Gasteiger charge is -2.32. The van der Waals surface area contributed by atoms with E-state index in [-0.39, 0.29) is 18.0 Å².